The largest absolute Gasteiger partial charge is 0.496 e. The zero-order chi connectivity index (χ0) is 22.4. The Labute approximate surface area is 187 Å². The maximum atomic E-state index is 13.3. The third-order valence-corrected chi connectivity index (χ3v) is 6.76. The summed E-state index contributed by atoms with van der Waals surface area (Å²) in [5.74, 6) is 0.198. The monoisotopic (exact) mass is 458 g/mol. The van der Waals surface area contributed by atoms with Gasteiger partial charge < -0.3 is 10.1 Å². The van der Waals surface area contributed by atoms with Gasteiger partial charge in [-0.3, -0.25) is 9.10 Å². The van der Waals surface area contributed by atoms with Crippen LogP contribution in [0.5, 0.6) is 5.75 Å². The molecule has 0 saturated carbocycles. The Morgan fingerprint density at radius 3 is 2.26 bits per heavy atom. The molecule has 1 atom stereocenters. The molecule has 1 amide bonds. The van der Waals surface area contributed by atoms with Crippen LogP contribution in [0, 0.1) is 0 Å². The highest BCUT2D eigenvalue weighted by Gasteiger charge is 2.27. The van der Waals surface area contributed by atoms with Gasteiger partial charge in [0.05, 0.1) is 23.7 Å². The van der Waals surface area contributed by atoms with Gasteiger partial charge >= 0.3 is 0 Å². The van der Waals surface area contributed by atoms with Crippen LogP contribution in [0.2, 0.25) is 5.02 Å². The number of carbonyl (C=O) groups excluding carboxylic acids is 1. The number of anilines is 1. The van der Waals surface area contributed by atoms with Crippen LogP contribution in [0.15, 0.2) is 83.8 Å². The van der Waals surface area contributed by atoms with E-state index in [9.17, 15) is 13.2 Å². The summed E-state index contributed by atoms with van der Waals surface area (Å²) in [5, 5.41) is 3.28. The minimum atomic E-state index is -3.99. The summed E-state index contributed by atoms with van der Waals surface area (Å²) in [6, 6.07) is 21.3. The minimum absolute atomic E-state index is 0.0475. The lowest BCUT2D eigenvalue weighted by Crippen LogP contribution is -2.41. The molecule has 0 spiro atoms. The van der Waals surface area contributed by atoms with Crippen molar-refractivity contribution in [3.8, 4) is 5.75 Å². The van der Waals surface area contributed by atoms with E-state index in [1.165, 1.54) is 24.3 Å². The molecule has 0 saturated heterocycles. The molecule has 8 heteroatoms. The molecule has 0 unspecified atom stereocenters. The van der Waals surface area contributed by atoms with Crippen molar-refractivity contribution in [2.45, 2.75) is 17.9 Å². The fraction of sp³-hybridized carbons (Fsp3) is 0.174. The SMILES string of the molecule is COc1ccccc1[C@H](C)NC(=O)CN(c1ccccc1)S(=O)(=O)c1ccc(Cl)cc1. The predicted octanol–water partition coefficient (Wildman–Crippen LogP) is 4.42. The lowest BCUT2D eigenvalue weighted by molar-refractivity contribution is -0.120. The molecule has 0 aliphatic heterocycles. The van der Waals surface area contributed by atoms with E-state index in [1.807, 2.05) is 25.1 Å². The fourth-order valence-electron chi connectivity index (χ4n) is 3.16. The molecule has 1 N–H and O–H groups in total. The lowest BCUT2D eigenvalue weighted by Gasteiger charge is -2.25. The van der Waals surface area contributed by atoms with Crippen LogP contribution in [0.1, 0.15) is 18.5 Å². The number of methoxy groups -OCH3 is 1. The standard InChI is InChI=1S/C23H23ClN2O4S/c1-17(21-10-6-7-11-22(21)30-2)25-23(27)16-26(19-8-4-3-5-9-19)31(28,29)20-14-12-18(24)13-15-20/h3-15,17H,16H2,1-2H3,(H,25,27)/t17-/m0/s1. The van der Waals surface area contributed by atoms with Crippen molar-refractivity contribution in [1.82, 2.24) is 5.32 Å². The molecule has 0 bridgehead atoms. The van der Waals surface area contributed by atoms with Crippen LogP contribution in [0.3, 0.4) is 0 Å². The quantitative estimate of drug-likeness (QED) is 0.542. The topological polar surface area (TPSA) is 75.7 Å². The summed E-state index contributed by atoms with van der Waals surface area (Å²) >= 11 is 5.90. The van der Waals surface area contributed by atoms with E-state index >= 15 is 0 Å². The number of rotatable bonds is 8. The van der Waals surface area contributed by atoms with E-state index in [1.54, 1.807) is 43.5 Å². The van der Waals surface area contributed by atoms with Gasteiger partial charge in [-0.1, -0.05) is 48.0 Å². The molecule has 3 aromatic rings. The van der Waals surface area contributed by atoms with E-state index in [0.29, 0.717) is 16.5 Å². The third kappa shape index (κ3) is 5.37. The highest BCUT2D eigenvalue weighted by Crippen LogP contribution is 2.26. The third-order valence-electron chi connectivity index (χ3n) is 4.72. The maximum Gasteiger partial charge on any atom is 0.264 e. The van der Waals surface area contributed by atoms with E-state index < -0.39 is 15.9 Å². The lowest BCUT2D eigenvalue weighted by atomic mass is 10.1. The zero-order valence-electron chi connectivity index (χ0n) is 17.2. The summed E-state index contributed by atoms with van der Waals surface area (Å²) < 4.78 is 33.1. The van der Waals surface area contributed by atoms with E-state index in [-0.39, 0.29) is 17.5 Å². The summed E-state index contributed by atoms with van der Waals surface area (Å²) in [5.41, 5.74) is 1.18. The van der Waals surface area contributed by atoms with E-state index in [0.717, 1.165) is 9.87 Å². The number of hydrogen-bond donors (Lipinski definition) is 1. The average molecular weight is 459 g/mol. The Balaban J connectivity index is 1.87. The summed E-state index contributed by atoms with van der Waals surface area (Å²) in [6.45, 7) is 1.44. The molecule has 0 aliphatic rings. The number of benzene rings is 3. The van der Waals surface area contributed by atoms with Gasteiger partial charge in [0.25, 0.3) is 10.0 Å². The molecular weight excluding hydrogens is 436 g/mol. The number of ether oxygens (including phenoxy) is 1. The van der Waals surface area contributed by atoms with E-state index in [2.05, 4.69) is 5.32 Å². The zero-order valence-corrected chi connectivity index (χ0v) is 18.7. The van der Waals surface area contributed by atoms with Gasteiger partial charge in [-0.2, -0.15) is 0 Å². The van der Waals surface area contributed by atoms with Crippen molar-refractivity contribution < 1.29 is 17.9 Å². The van der Waals surface area contributed by atoms with Crippen molar-refractivity contribution in [1.29, 1.82) is 0 Å². The number of amides is 1. The molecule has 0 aliphatic carbocycles. The second-order valence-electron chi connectivity index (χ2n) is 6.83. The molecule has 0 heterocycles. The fourth-order valence-corrected chi connectivity index (χ4v) is 4.71. The number of halogens is 1. The molecular formula is C23H23ClN2O4S. The molecule has 6 nitrogen and oxygen atoms in total. The first kappa shape index (κ1) is 22.7. The van der Waals surface area contributed by atoms with Crippen LogP contribution in [0.4, 0.5) is 5.69 Å². The number of sulfonamides is 1. The molecule has 3 rings (SSSR count). The first-order valence-electron chi connectivity index (χ1n) is 9.58. The summed E-state index contributed by atoms with van der Waals surface area (Å²) in [7, 11) is -2.43. The number of carbonyl (C=O) groups is 1. The Bertz CT molecular complexity index is 1140. The van der Waals surface area contributed by atoms with Crippen LogP contribution in [-0.4, -0.2) is 28.0 Å². The Morgan fingerprint density at radius 2 is 1.61 bits per heavy atom. The van der Waals surface area contributed by atoms with Gasteiger partial charge in [0, 0.05) is 10.6 Å². The van der Waals surface area contributed by atoms with Crippen molar-refractivity contribution in [3.05, 3.63) is 89.4 Å². The second kappa shape index (κ2) is 9.85. The highest BCUT2D eigenvalue weighted by atomic mass is 35.5. The minimum Gasteiger partial charge on any atom is -0.496 e. The molecule has 3 aromatic carbocycles. The average Bonchev–Trinajstić information content (AvgIpc) is 2.78. The molecule has 0 aromatic heterocycles. The van der Waals surface area contributed by atoms with Crippen LogP contribution < -0.4 is 14.4 Å². The Hall–Kier alpha value is -3.03. The van der Waals surface area contributed by atoms with Crippen molar-refractivity contribution in [2.24, 2.45) is 0 Å². The molecule has 31 heavy (non-hydrogen) atoms. The van der Waals surface area contributed by atoms with Gasteiger partial charge in [0.15, 0.2) is 0 Å². The van der Waals surface area contributed by atoms with Crippen LogP contribution >= 0.6 is 11.6 Å². The van der Waals surface area contributed by atoms with Crippen LogP contribution in [0.25, 0.3) is 0 Å². The molecule has 162 valence electrons. The number of para-hydroxylation sites is 2. The number of hydrogen-bond acceptors (Lipinski definition) is 4. The summed E-state index contributed by atoms with van der Waals surface area (Å²) in [6.07, 6.45) is 0. The first-order valence-corrected chi connectivity index (χ1v) is 11.4. The van der Waals surface area contributed by atoms with Crippen LogP contribution in [-0.2, 0) is 14.8 Å². The van der Waals surface area contributed by atoms with Crippen molar-refractivity contribution in [3.63, 3.8) is 0 Å². The van der Waals surface area contributed by atoms with Gasteiger partial charge in [0.1, 0.15) is 12.3 Å². The van der Waals surface area contributed by atoms with Gasteiger partial charge in [0.2, 0.25) is 5.91 Å². The smallest absolute Gasteiger partial charge is 0.264 e. The summed E-state index contributed by atoms with van der Waals surface area (Å²) in [4.78, 5) is 12.9. The Morgan fingerprint density at radius 1 is 1.00 bits per heavy atom. The van der Waals surface area contributed by atoms with Gasteiger partial charge in [-0.05, 0) is 49.4 Å². The normalized spacial score (nSPS) is 12.1. The molecule has 0 radical (unpaired) electrons. The number of nitrogens with one attached hydrogen (secondary N) is 1. The maximum absolute atomic E-state index is 13.3. The molecule has 0 fully saturated rings. The van der Waals surface area contributed by atoms with Gasteiger partial charge in [-0.25, -0.2) is 8.42 Å². The van der Waals surface area contributed by atoms with E-state index in [4.69, 9.17) is 16.3 Å². The predicted molar refractivity (Wildman–Crippen MR) is 122 cm³/mol. The first-order chi connectivity index (χ1) is 14.8. The highest BCUT2D eigenvalue weighted by molar-refractivity contribution is 7.92. The van der Waals surface area contributed by atoms with Crippen molar-refractivity contribution >= 4 is 33.2 Å². The second-order valence-corrected chi connectivity index (χ2v) is 9.13. The van der Waals surface area contributed by atoms with Gasteiger partial charge in [-0.15, -0.1) is 0 Å². The number of nitrogens with zero attached hydrogens (tertiary/aromatic N) is 1. The van der Waals surface area contributed by atoms with Crippen molar-refractivity contribution in [2.75, 3.05) is 18.0 Å². The Kier molecular flexibility index (Phi) is 7.20.